The van der Waals surface area contributed by atoms with Crippen molar-refractivity contribution in [3.63, 3.8) is 0 Å². The van der Waals surface area contributed by atoms with Crippen LogP contribution in [-0.2, 0) is 21.4 Å². The first-order chi connectivity index (χ1) is 11.3. The van der Waals surface area contributed by atoms with Gasteiger partial charge < -0.3 is 4.74 Å². The molecule has 0 atom stereocenters. The molecular weight excluding hydrogens is 335 g/mol. The fourth-order valence-electron chi connectivity index (χ4n) is 1.90. The number of carbonyl (C=O) groups excluding carboxylic acids is 1. The lowest BCUT2D eigenvalue weighted by molar-refractivity contribution is 0.0470. The molecule has 0 radical (unpaired) electrons. The van der Waals surface area contributed by atoms with Crippen LogP contribution in [-0.4, -0.2) is 20.6 Å². The smallest absolute Gasteiger partial charge is 0.340 e. The summed E-state index contributed by atoms with van der Waals surface area (Å²) in [5, 5.41) is 8.69. The number of hydrogen-bond donors (Lipinski definition) is 1. The van der Waals surface area contributed by atoms with Gasteiger partial charge in [0, 0.05) is 5.56 Å². The maximum absolute atomic E-state index is 13.8. The summed E-state index contributed by atoms with van der Waals surface area (Å²) < 4.78 is 43.6. The summed E-state index contributed by atoms with van der Waals surface area (Å²) in [6.45, 7) is -0.344. The van der Waals surface area contributed by atoms with Crippen molar-refractivity contribution in [2.24, 2.45) is 0 Å². The van der Waals surface area contributed by atoms with Gasteiger partial charge in [-0.15, -0.1) is 0 Å². The van der Waals surface area contributed by atoms with Gasteiger partial charge in [-0.3, -0.25) is 4.72 Å². The molecule has 0 aliphatic carbocycles. The summed E-state index contributed by atoms with van der Waals surface area (Å²) in [7, 11) is -3.56. The van der Waals surface area contributed by atoms with E-state index in [0.29, 0.717) is 0 Å². The van der Waals surface area contributed by atoms with Crippen molar-refractivity contribution in [2.45, 2.75) is 6.61 Å². The van der Waals surface area contributed by atoms with Crippen molar-refractivity contribution in [2.75, 3.05) is 11.0 Å². The highest BCUT2D eigenvalue weighted by Gasteiger charge is 2.16. The molecule has 2 aromatic carbocycles. The minimum Gasteiger partial charge on any atom is -0.457 e. The van der Waals surface area contributed by atoms with E-state index in [1.165, 1.54) is 24.3 Å². The van der Waals surface area contributed by atoms with Crippen LogP contribution in [0.15, 0.2) is 42.5 Å². The number of carbonyl (C=O) groups is 1. The number of halogens is 1. The quantitative estimate of drug-likeness (QED) is 0.837. The molecule has 0 aliphatic rings. The van der Waals surface area contributed by atoms with Gasteiger partial charge in [0.05, 0.1) is 29.1 Å². The van der Waals surface area contributed by atoms with Crippen molar-refractivity contribution in [1.82, 2.24) is 0 Å². The lowest BCUT2D eigenvalue weighted by Gasteiger charge is -2.11. The number of benzene rings is 2. The zero-order valence-corrected chi connectivity index (χ0v) is 13.4. The van der Waals surface area contributed by atoms with E-state index < -0.39 is 21.8 Å². The molecule has 0 fully saturated rings. The predicted octanol–water partition coefficient (Wildman–Crippen LogP) is 2.43. The second-order valence-corrected chi connectivity index (χ2v) is 6.66. The van der Waals surface area contributed by atoms with Crippen molar-refractivity contribution in [1.29, 1.82) is 5.26 Å². The third kappa shape index (κ3) is 4.54. The average Bonchev–Trinajstić information content (AvgIpc) is 2.52. The molecule has 2 rings (SSSR count). The summed E-state index contributed by atoms with van der Waals surface area (Å²) in [5.74, 6) is -1.46. The summed E-state index contributed by atoms with van der Waals surface area (Å²) in [6, 6.07) is 11.5. The van der Waals surface area contributed by atoms with Gasteiger partial charge in [0.15, 0.2) is 0 Å². The lowest BCUT2D eigenvalue weighted by Crippen LogP contribution is -2.14. The molecule has 0 bridgehead atoms. The third-order valence-corrected chi connectivity index (χ3v) is 3.57. The Morgan fingerprint density at radius 2 is 2.00 bits per heavy atom. The van der Waals surface area contributed by atoms with Crippen molar-refractivity contribution in [3.05, 3.63) is 65.0 Å². The molecule has 0 saturated carbocycles. The molecule has 24 heavy (non-hydrogen) atoms. The second kappa shape index (κ2) is 7.10. The number of nitrogens with one attached hydrogen (secondary N) is 1. The van der Waals surface area contributed by atoms with Gasteiger partial charge in [-0.25, -0.2) is 17.6 Å². The fourth-order valence-corrected chi connectivity index (χ4v) is 2.48. The topological polar surface area (TPSA) is 96.3 Å². The van der Waals surface area contributed by atoms with Crippen molar-refractivity contribution < 1.29 is 22.3 Å². The highest BCUT2D eigenvalue weighted by atomic mass is 32.2. The molecule has 124 valence electrons. The van der Waals surface area contributed by atoms with Crippen LogP contribution in [0.4, 0.5) is 10.1 Å². The molecule has 0 unspecified atom stereocenters. The predicted molar refractivity (Wildman–Crippen MR) is 85.1 cm³/mol. The SMILES string of the molecule is CS(=O)(=O)Nc1ccccc1C(=O)OCc1ccc(C#N)cc1F. The van der Waals surface area contributed by atoms with Crippen molar-refractivity contribution >= 4 is 21.7 Å². The van der Waals surface area contributed by atoms with Crippen LogP contribution in [0.2, 0.25) is 0 Å². The van der Waals surface area contributed by atoms with E-state index in [2.05, 4.69) is 4.72 Å². The Labute approximate surface area is 138 Å². The van der Waals surface area contributed by atoms with Crippen LogP contribution < -0.4 is 4.72 Å². The molecule has 0 amide bonds. The van der Waals surface area contributed by atoms with Gasteiger partial charge in [-0.1, -0.05) is 18.2 Å². The number of ether oxygens (including phenoxy) is 1. The Morgan fingerprint density at radius 3 is 2.62 bits per heavy atom. The molecule has 6 nitrogen and oxygen atoms in total. The van der Waals surface area contributed by atoms with E-state index in [1.807, 2.05) is 0 Å². The van der Waals surface area contributed by atoms with E-state index >= 15 is 0 Å². The highest BCUT2D eigenvalue weighted by molar-refractivity contribution is 7.92. The van der Waals surface area contributed by atoms with E-state index in [4.69, 9.17) is 10.00 Å². The van der Waals surface area contributed by atoms with E-state index in [-0.39, 0.29) is 29.0 Å². The number of rotatable bonds is 5. The normalized spacial score (nSPS) is 10.7. The number of nitrogens with zero attached hydrogens (tertiary/aromatic N) is 1. The van der Waals surface area contributed by atoms with Gasteiger partial charge in [-0.05, 0) is 24.3 Å². The summed E-state index contributed by atoms with van der Waals surface area (Å²) in [5.41, 5.74) is 0.350. The van der Waals surface area contributed by atoms with Gasteiger partial charge in [0.1, 0.15) is 12.4 Å². The number of esters is 1. The largest absolute Gasteiger partial charge is 0.457 e. The van der Waals surface area contributed by atoms with Crippen LogP contribution >= 0.6 is 0 Å². The Kier molecular flexibility index (Phi) is 5.16. The first kappa shape index (κ1) is 17.4. The minimum absolute atomic E-state index is 0.0111. The first-order valence-electron chi connectivity index (χ1n) is 6.72. The van der Waals surface area contributed by atoms with Crippen LogP contribution in [0.25, 0.3) is 0 Å². The van der Waals surface area contributed by atoms with Crippen LogP contribution in [0.1, 0.15) is 21.5 Å². The molecule has 0 saturated heterocycles. The molecule has 1 N–H and O–H groups in total. The van der Waals surface area contributed by atoms with Crippen LogP contribution in [0.5, 0.6) is 0 Å². The lowest BCUT2D eigenvalue weighted by atomic mass is 10.1. The number of sulfonamides is 1. The van der Waals surface area contributed by atoms with E-state index in [0.717, 1.165) is 12.3 Å². The molecule has 2 aromatic rings. The maximum atomic E-state index is 13.8. The van der Waals surface area contributed by atoms with E-state index in [9.17, 15) is 17.6 Å². The summed E-state index contributed by atoms with van der Waals surface area (Å²) >= 11 is 0. The Hall–Kier alpha value is -2.92. The minimum atomic E-state index is -3.56. The zero-order chi connectivity index (χ0) is 17.7. The standard InChI is InChI=1S/C16H13FN2O4S/c1-24(21,22)19-15-5-3-2-4-13(15)16(20)23-10-12-7-6-11(9-18)8-14(12)17/h2-8,19H,10H2,1H3. The second-order valence-electron chi connectivity index (χ2n) is 4.91. The molecule has 0 aliphatic heterocycles. The van der Waals surface area contributed by atoms with Gasteiger partial charge in [0.25, 0.3) is 0 Å². The molecule has 8 heteroatoms. The number of anilines is 1. The van der Waals surface area contributed by atoms with Crippen molar-refractivity contribution in [3.8, 4) is 6.07 Å². The Balaban J connectivity index is 2.15. The number of hydrogen-bond acceptors (Lipinski definition) is 5. The summed E-state index contributed by atoms with van der Waals surface area (Å²) in [4.78, 5) is 12.1. The Bertz CT molecular complexity index is 920. The van der Waals surface area contributed by atoms with Gasteiger partial charge in [0.2, 0.25) is 10.0 Å². The van der Waals surface area contributed by atoms with Gasteiger partial charge in [-0.2, -0.15) is 5.26 Å². The summed E-state index contributed by atoms with van der Waals surface area (Å²) in [6.07, 6.45) is 0.960. The average molecular weight is 348 g/mol. The monoisotopic (exact) mass is 348 g/mol. The molecular formula is C16H13FN2O4S. The zero-order valence-electron chi connectivity index (χ0n) is 12.6. The molecule has 0 aromatic heterocycles. The molecule has 0 heterocycles. The first-order valence-corrected chi connectivity index (χ1v) is 8.62. The fraction of sp³-hybridized carbons (Fsp3) is 0.125. The van der Waals surface area contributed by atoms with Crippen LogP contribution in [0, 0.1) is 17.1 Å². The molecule has 0 spiro atoms. The van der Waals surface area contributed by atoms with Gasteiger partial charge >= 0.3 is 5.97 Å². The van der Waals surface area contributed by atoms with E-state index in [1.54, 1.807) is 18.2 Å². The highest BCUT2D eigenvalue weighted by Crippen LogP contribution is 2.19. The maximum Gasteiger partial charge on any atom is 0.340 e. The third-order valence-electron chi connectivity index (χ3n) is 2.98. The van der Waals surface area contributed by atoms with Crippen LogP contribution in [0.3, 0.4) is 0 Å². The number of para-hydroxylation sites is 1. The Morgan fingerprint density at radius 1 is 1.29 bits per heavy atom. The number of nitriles is 1.